The van der Waals surface area contributed by atoms with Crippen molar-refractivity contribution < 1.29 is 8.42 Å². The van der Waals surface area contributed by atoms with Crippen LogP contribution in [0.4, 0.5) is 0 Å². The van der Waals surface area contributed by atoms with Crippen molar-refractivity contribution in [2.24, 2.45) is 0 Å². The minimum Gasteiger partial charge on any atom is -0.309 e. The smallest absolute Gasteiger partial charge is 0.150 e. The molecule has 0 aromatic rings. The van der Waals surface area contributed by atoms with Gasteiger partial charge in [0.1, 0.15) is 9.84 Å². The Kier molecular flexibility index (Phi) is 3.80. The van der Waals surface area contributed by atoms with Crippen LogP contribution < -0.4 is 5.32 Å². The van der Waals surface area contributed by atoms with Crippen molar-refractivity contribution in [3.05, 3.63) is 0 Å². The van der Waals surface area contributed by atoms with Crippen molar-refractivity contribution in [3.63, 3.8) is 0 Å². The number of piperazine rings is 1. The van der Waals surface area contributed by atoms with Crippen LogP contribution in [0.1, 0.15) is 33.1 Å². The fourth-order valence-corrected chi connectivity index (χ4v) is 4.34. The lowest BCUT2D eigenvalue weighted by atomic mass is 9.94. The predicted octanol–water partition coefficient (Wildman–Crippen LogP) is 0.638. The minimum atomic E-state index is -2.73. The molecule has 2 aliphatic rings. The summed E-state index contributed by atoms with van der Waals surface area (Å²) in [5.41, 5.74) is 0.203. The normalized spacial score (nSPS) is 35.9. The number of hydrogen-bond acceptors (Lipinski definition) is 4. The molecule has 0 radical (unpaired) electrons. The van der Waals surface area contributed by atoms with Crippen LogP contribution in [0, 0.1) is 0 Å². The molecule has 2 rings (SSSR count). The maximum absolute atomic E-state index is 11.4. The summed E-state index contributed by atoms with van der Waals surface area (Å²) in [4.78, 5) is 2.49. The zero-order valence-corrected chi connectivity index (χ0v) is 11.7. The van der Waals surface area contributed by atoms with E-state index < -0.39 is 9.84 Å². The lowest BCUT2D eigenvalue weighted by Crippen LogP contribution is -2.61. The zero-order valence-electron chi connectivity index (χ0n) is 10.9. The second-order valence-corrected chi connectivity index (χ2v) is 8.00. The molecule has 0 aromatic carbocycles. The van der Waals surface area contributed by atoms with E-state index in [0.717, 1.165) is 38.9 Å². The molecule has 2 heterocycles. The third-order valence-electron chi connectivity index (χ3n) is 4.32. The van der Waals surface area contributed by atoms with Gasteiger partial charge in [-0.05, 0) is 26.2 Å². The van der Waals surface area contributed by atoms with Crippen molar-refractivity contribution in [3.8, 4) is 0 Å². The Hall–Kier alpha value is -0.130. The van der Waals surface area contributed by atoms with E-state index in [0.29, 0.717) is 17.5 Å². The van der Waals surface area contributed by atoms with Crippen molar-refractivity contribution in [1.29, 1.82) is 0 Å². The molecule has 0 aliphatic carbocycles. The third-order valence-corrected chi connectivity index (χ3v) is 6.04. The van der Waals surface area contributed by atoms with Crippen LogP contribution in [0.2, 0.25) is 0 Å². The fourth-order valence-electron chi connectivity index (χ4n) is 2.88. The third kappa shape index (κ3) is 3.20. The molecule has 100 valence electrons. The van der Waals surface area contributed by atoms with Crippen LogP contribution >= 0.6 is 0 Å². The Morgan fingerprint density at radius 2 is 2.00 bits per heavy atom. The Bertz CT molecular complexity index is 355. The Labute approximate surface area is 105 Å². The standard InChI is InChI=1S/C12H24N2O2S/c1-3-12(2)10-14(7-6-13-12)11-4-8-17(15,16)9-5-11/h11,13H,3-10H2,1-2H3. The molecule has 0 amide bonds. The number of hydrogen-bond donors (Lipinski definition) is 1. The van der Waals surface area contributed by atoms with Gasteiger partial charge in [0.2, 0.25) is 0 Å². The van der Waals surface area contributed by atoms with Gasteiger partial charge in [0.05, 0.1) is 11.5 Å². The molecular weight excluding hydrogens is 236 g/mol. The van der Waals surface area contributed by atoms with Gasteiger partial charge in [0.15, 0.2) is 0 Å². The van der Waals surface area contributed by atoms with Gasteiger partial charge in [-0.1, -0.05) is 6.92 Å². The molecule has 2 saturated heterocycles. The second kappa shape index (κ2) is 4.86. The van der Waals surface area contributed by atoms with Gasteiger partial charge in [-0.15, -0.1) is 0 Å². The summed E-state index contributed by atoms with van der Waals surface area (Å²) < 4.78 is 22.9. The van der Waals surface area contributed by atoms with Gasteiger partial charge in [-0.25, -0.2) is 8.42 Å². The molecule has 0 aromatic heterocycles. The number of sulfone groups is 1. The summed E-state index contributed by atoms with van der Waals surface area (Å²) in [6.45, 7) is 7.60. The van der Waals surface area contributed by atoms with Crippen LogP contribution in [0.25, 0.3) is 0 Å². The summed E-state index contributed by atoms with van der Waals surface area (Å²) in [5, 5.41) is 3.57. The SMILES string of the molecule is CCC1(C)CN(C2CCS(=O)(=O)CC2)CCN1. The molecule has 1 unspecified atom stereocenters. The highest BCUT2D eigenvalue weighted by Crippen LogP contribution is 2.23. The van der Waals surface area contributed by atoms with Crippen molar-refractivity contribution in [2.45, 2.75) is 44.7 Å². The van der Waals surface area contributed by atoms with Gasteiger partial charge < -0.3 is 5.32 Å². The molecule has 5 heteroatoms. The van der Waals surface area contributed by atoms with Crippen molar-refractivity contribution in [2.75, 3.05) is 31.1 Å². The first-order valence-electron chi connectivity index (χ1n) is 6.64. The lowest BCUT2D eigenvalue weighted by molar-refractivity contribution is 0.0923. The molecule has 2 aliphatic heterocycles. The van der Waals surface area contributed by atoms with E-state index in [1.165, 1.54) is 0 Å². The molecule has 0 saturated carbocycles. The molecule has 1 atom stereocenters. The van der Waals surface area contributed by atoms with Gasteiger partial charge in [0, 0.05) is 31.2 Å². The fraction of sp³-hybridized carbons (Fsp3) is 1.00. The summed E-state index contributed by atoms with van der Waals surface area (Å²) >= 11 is 0. The summed E-state index contributed by atoms with van der Waals surface area (Å²) in [6.07, 6.45) is 2.76. The highest BCUT2D eigenvalue weighted by Gasteiger charge is 2.34. The average Bonchev–Trinajstić information content (AvgIpc) is 2.29. The van der Waals surface area contributed by atoms with Crippen molar-refractivity contribution >= 4 is 9.84 Å². The van der Waals surface area contributed by atoms with Crippen LogP contribution in [-0.4, -0.2) is 56.0 Å². The zero-order chi connectivity index (χ0) is 12.5. The summed E-state index contributed by atoms with van der Waals surface area (Å²) in [7, 11) is -2.73. The first-order chi connectivity index (χ1) is 7.94. The summed E-state index contributed by atoms with van der Waals surface area (Å²) in [5.74, 6) is 0.759. The Morgan fingerprint density at radius 1 is 1.35 bits per heavy atom. The maximum Gasteiger partial charge on any atom is 0.150 e. The van der Waals surface area contributed by atoms with Gasteiger partial charge >= 0.3 is 0 Å². The van der Waals surface area contributed by atoms with E-state index in [4.69, 9.17) is 0 Å². The molecule has 0 bridgehead atoms. The molecule has 4 nitrogen and oxygen atoms in total. The quantitative estimate of drug-likeness (QED) is 0.791. The topological polar surface area (TPSA) is 49.4 Å². The van der Waals surface area contributed by atoms with E-state index in [-0.39, 0.29) is 5.54 Å². The largest absolute Gasteiger partial charge is 0.309 e. The monoisotopic (exact) mass is 260 g/mol. The van der Waals surface area contributed by atoms with E-state index in [1.807, 2.05) is 0 Å². The molecule has 0 spiro atoms. The minimum absolute atomic E-state index is 0.203. The lowest BCUT2D eigenvalue weighted by Gasteiger charge is -2.45. The van der Waals surface area contributed by atoms with Gasteiger partial charge in [-0.3, -0.25) is 4.90 Å². The second-order valence-electron chi connectivity index (χ2n) is 5.69. The highest BCUT2D eigenvalue weighted by atomic mass is 32.2. The molecule has 17 heavy (non-hydrogen) atoms. The van der Waals surface area contributed by atoms with Gasteiger partial charge in [0.25, 0.3) is 0 Å². The molecule has 2 fully saturated rings. The van der Waals surface area contributed by atoms with Crippen LogP contribution in [0.15, 0.2) is 0 Å². The molecule has 1 N–H and O–H groups in total. The number of nitrogens with zero attached hydrogens (tertiary/aromatic N) is 1. The van der Waals surface area contributed by atoms with E-state index in [1.54, 1.807) is 0 Å². The first kappa shape index (κ1) is 13.3. The maximum atomic E-state index is 11.4. The van der Waals surface area contributed by atoms with E-state index in [9.17, 15) is 8.42 Å². The summed E-state index contributed by atoms with van der Waals surface area (Å²) in [6, 6.07) is 0.478. The van der Waals surface area contributed by atoms with Crippen molar-refractivity contribution in [1.82, 2.24) is 10.2 Å². The van der Waals surface area contributed by atoms with Crippen LogP contribution in [-0.2, 0) is 9.84 Å². The Balaban J connectivity index is 1.95. The highest BCUT2D eigenvalue weighted by molar-refractivity contribution is 7.91. The first-order valence-corrected chi connectivity index (χ1v) is 8.46. The Morgan fingerprint density at radius 3 is 2.59 bits per heavy atom. The number of rotatable bonds is 2. The predicted molar refractivity (Wildman–Crippen MR) is 69.9 cm³/mol. The van der Waals surface area contributed by atoms with Crippen LogP contribution in [0.3, 0.4) is 0 Å². The average molecular weight is 260 g/mol. The number of nitrogens with one attached hydrogen (secondary N) is 1. The van der Waals surface area contributed by atoms with E-state index in [2.05, 4.69) is 24.1 Å². The van der Waals surface area contributed by atoms with E-state index >= 15 is 0 Å². The van der Waals surface area contributed by atoms with Gasteiger partial charge in [-0.2, -0.15) is 0 Å². The van der Waals surface area contributed by atoms with Crippen LogP contribution in [0.5, 0.6) is 0 Å². The molecular formula is C12H24N2O2S.